The third-order valence-corrected chi connectivity index (χ3v) is 6.47. The molecule has 2 N–H and O–H groups in total. The molecule has 0 radical (unpaired) electrons. The molecular formula is C31H34N4O4. The summed E-state index contributed by atoms with van der Waals surface area (Å²) in [6.45, 7) is 5.87. The van der Waals surface area contributed by atoms with Crippen LogP contribution in [0.15, 0.2) is 77.8 Å². The zero-order chi connectivity index (χ0) is 27.8. The summed E-state index contributed by atoms with van der Waals surface area (Å²) in [5.41, 5.74) is 5.14. The van der Waals surface area contributed by atoms with Gasteiger partial charge in [-0.05, 0) is 67.9 Å². The van der Waals surface area contributed by atoms with Crippen LogP contribution in [0.1, 0.15) is 53.2 Å². The summed E-state index contributed by atoms with van der Waals surface area (Å²) in [6.07, 6.45) is 0.880. The van der Waals surface area contributed by atoms with Crippen LogP contribution in [0.5, 0.6) is 0 Å². The van der Waals surface area contributed by atoms with Gasteiger partial charge >= 0.3 is 5.97 Å². The highest BCUT2D eigenvalue weighted by Crippen LogP contribution is 2.37. The minimum atomic E-state index is -0.618. The molecule has 3 aromatic carbocycles. The quantitative estimate of drug-likeness (QED) is 0.215. The number of nitrogens with zero attached hydrogens (tertiary/aromatic N) is 2. The Morgan fingerprint density at radius 2 is 1.77 bits per heavy atom. The van der Waals surface area contributed by atoms with E-state index in [1.54, 1.807) is 25.1 Å². The normalized spacial score (nSPS) is 14.6. The molecule has 8 nitrogen and oxygen atoms in total. The van der Waals surface area contributed by atoms with Gasteiger partial charge in [0, 0.05) is 25.7 Å². The Morgan fingerprint density at radius 1 is 1.03 bits per heavy atom. The first-order valence-electron chi connectivity index (χ1n) is 13.1. The maximum absolute atomic E-state index is 13.2. The van der Waals surface area contributed by atoms with Crippen LogP contribution in [-0.4, -0.2) is 55.1 Å². The maximum Gasteiger partial charge on any atom is 0.338 e. The number of rotatable bonds is 11. The van der Waals surface area contributed by atoms with Crippen LogP contribution in [0.4, 0.5) is 11.4 Å². The minimum absolute atomic E-state index is 0.0105. The monoisotopic (exact) mass is 526 g/mol. The zero-order valence-electron chi connectivity index (χ0n) is 22.6. The molecule has 1 heterocycles. The van der Waals surface area contributed by atoms with Crippen LogP contribution in [-0.2, 0) is 20.9 Å². The fourth-order valence-corrected chi connectivity index (χ4v) is 4.60. The molecule has 3 aromatic rings. The van der Waals surface area contributed by atoms with Crippen molar-refractivity contribution in [2.24, 2.45) is 4.99 Å². The molecule has 1 aliphatic rings. The zero-order valence-corrected chi connectivity index (χ0v) is 22.6. The molecule has 4 rings (SSSR count). The fraction of sp³-hybridized carbons (Fsp3) is 0.290. The number of carbonyl (C=O) groups is 3. The number of hydrogen-bond acceptors (Lipinski definition) is 6. The first-order chi connectivity index (χ1) is 18.9. The van der Waals surface area contributed by atoms with Gasteiger partial charge < -0.3 is 20.3 Å². The van der Waals surface area contributed by atoms with E-state index in [0.29, 0.717) is 23.5 Å². The third kappa shape index (κ3) is 7.18. The molecule has 39 heavy (non-hydrogen) atoms. The molecule has 0 saturated heterocycles. The van der Waals surface area contributed by atoms with Gasteiger partial charge in [-0.3, -0.25) is 14.6 Å². The van der Waals surface area contributed by atoms with Gasteiger partial charge in [0.1, 0.15) is 5.92 Å². The molecule has 0 aliphatic carbocycles. The second kappa shape index (κ2) is 13.0. The summed E-state index contributed by atoms with van der Waals surface area (Å²) in [5.74, 6) is -1.24. The lowest BCUT2D eigenvalue weighted by atomic mass is 9.90. The Balaban J connectivity index is 1.56. The van der Waals surface area contributed by atoms with Crippen LogP contribution in [0.25, 0.3) is 0 Å². The number of fused-ring (bicyclic) bond motifs is 1. The molecule has 1 atom stereocenters. The predicted octanol–water partition coefficient (Wildman–Crippen LogP) is 4.68. The van der Waals surface area contributed by atoms with E-state index >= 15 is 0 Å². The third-order valence-electron chi connectivity index (χ3n) is 6.47. The predicted molar refractivity (Wildman–Crippen MR) is 152 cm³/mol. The van der Waals surface area contributed by atoms with E-state index < -0.39 is 11.9 Å². The number of ether oxygens (including phenoxy) is 1. The summed E-state index contributed by atoms with van der Waals surface area (Å²) in [4.78, 5) is 43.6. The van der Waals surface area contributed by atoms with Crippen LogP contribution in [0.3, 0.4) is 0 Å². The summed E-state index contributed by atoms with van der Waals surface area (Å²) in [7, 11) is 2.05. The Hall–Kier alpha value is -4.30. The lowest BCUT2D eigenvalue weighted by Gasteiger charge is -2.17. The van der Waals surface area contributed by atoms with E-state index in [-0.39, 0.29) is 18.4 Å². The Kier molecular flexibility index (Phi) is 9.22. The number of esters is 1. The van der Waals surface area contributed by atoms with Crippen LogP contribution >= 0.6 is 0 Å². The maximum atomic E-state index is 13.2. The van der Waals surface area contributed by atoms with Crippen molar-refractivity contribution in [2.45, 2.75) is 32.7 Å². The molecule has 0 aromatic heterocycles. The molecule has 0 bridgehead atoms. The van der Waals surface area contributed by atoms with E-state index in [1.165, 1.54) is 6.92 Å². The van der Waals surface area contributed by atoms with E-state index in [2.05, 4.69) is 22.6 Å². The van der Waals surface area contributed by atoms with Crippen molar-refractivity contribution in [3.8, 4) is 0 Å². The van der Waals surface area contributed by atoms with Crippen LogP contribution < -0.4 is 10.6 Å². The van der Waals surface area contributed by atoms with E-state index in [4.69, 9.17) is 9.73 Å². The highest BCUT2D eigenvalue weighted by Gasteiger charge is 2.36. The first kappa shape index (κ1) is 27.7. The molecule has 2 amide bonds. The average molecular weight is 527 g/mol. The van der Waals surface area contributed by atoms with Gasteiger partial charge in [-0.1, -0.05) is 48.5 Å². The highest BCUT2D eigenvalue weighted by atomic mass is 16.5. The van der Waals surface area contributed by atoms with Crippen molar-refractivity contribution >= 4 is 34.9 Å². The SMILES string of the molecule is CCOC(=O)c1ccc2c(c1)NC(=O)C2C(=Nc1ccc(CN(C)CCCNC(C)=O)cc1)c1ccccc1. The molecule has 1 aliphatic heterocycles. The van der Waals surface area contributed by atoms with Gasteiger partial charge in [0.2, 0.25) is 11.8 Å². The van der Waals surface area contributed by atoms with E-state index in [1.807, 2.05) is 54.6 Å². The van der Waals surface area contributed by atoms with Gasteiger partial charge in [-0.25, -0.2) is 4.79 Å². The summed E-state index contributed by atoms with van der Waals surface area (Å²) in [5, 5.41) is 5.74. The number of hydrogen-bond donors (Lipinski definition) is 2. The summed E-state index contributed by atoms with van der Waals surface area (Å²) < 4.78 is 5.11. The Morgan fingerprint density at radius 3 is 2.46 bits per heavy atom. The topological polar surface area (TPSA) is 100 Å². The van der Waals surface area contributed by atoms with Crippen LogP contribution in [0, 0.1) is 0 Å². The molecule has 1 unspecified atom stereocenters. The largest absolute Gasteiger partial charge is 0.462 e. The van der Waals surface area contributed by atoms with Crippen molar-refractivity contribution in [1.29, 1.82) is 0 Å². The molecular weight excluding hydrogens is 492 g/mol. The van der Waals surface area contributed by atoms with E-state index in [0.717, 1.165) is 41.9 Å². The first-order valence-corrected chi connectivity index (χ1v) is 13.1. The minimum Gasteiger partial charge on any atom is -0.462 e. The number of benzene rings is 3. The number of nitrogens with one attached hydrogen (secondary N) is 2. The number of amides is 2. The smallest absolute Gasteiger partial charge is 0.338 e. The summed E-state index contributed by atoms with van der Waals surface area (Å²) >= 11 is 0. The van der Waals surface area contributed by atoms with Gasteiger partial charge in [-0.2, -0.15) is 0 Å². The van der Waals surface area contributed by atoms with Crippen LogP contribution in [0.2, 0.25) is 0 Å². The van der Waals surface area contributed by atoms with Gasteiger partial charge in [-0.15, -0.1) is 0 Å². The molecule has 202 valence electrons. The molecule has 0 spiro atoms. The van der Waals surface area contributed by atoms with Crippen molar-refractivity contribution in [1.82, 2.24) is 10.2 Å². The van der Waals surface area contributed by atoms with Gasteiger partial charge in [0.15, 0.2) is 0 Å². The average Bonchev–Trinajstić information content (AvgIpc) is 3.26. The Bertz CT molecular complexity index is 1350. The standard InChI is InChI=1S/C31H34N4O4/c1-4-39-31(38)24-13-16-26-27(19-24)34-30(37)28(26)29(23-9-6-5-7-10-23)33-25-14-11-22(12-15-25)20-35(3)18-8-17-32-21(2)36/h5-7,9-16,19,28H,4,8,17-18,20H2,1-3H3,(H,32,36)(H,34,37). The lowest BCUT2D eigenvalue weighted by Crippen LogP contribution is -2.26. The van der Waals surface area contributed by atoms with Crippen molar-refractivity contribution in [3.63, 3.8) is 0 Å². The number of aliphatic imine (C=N–C) groups is 1. The van der Waals surface area contributed by atoms with Gasteiger partial charge in [0.05, 0.1) is 23.6 Å². The van der Waals surface area contributed by atoms with Gasteiger partial charge in [0.25, 0.3) is 0 Å². The van der Waals surface area contributed by atoms with Crippen molar-refractivity contribution in [2.75, 3.05) is 32.1 Å². The molecule has 0 saturated carbocycles. The van der Waals surface area contributed by atoms with Crippen molar-refractivity contribution in [3.05, 3.63) is 95.1 Å². The molecule has 0 fully saturated rings. The fourth-order valence-electron chi connectivity index (χ4n) is 4.60. The lowest BCUT2D eigenvalue weighted by molar-refractivity contribution is -0.119. The number of anilines is 1. The number of carbonyl (C=O) groups excluding carboxylic acids is 3. The second-order valence-corrected chi connectivity index (χ2v) is 9.55. The molecule has 8 heteroatoms. The van der Waals surface area contributed by atoms with E-state index in [9.17, 15) is 14.4 Å². The second-order valence-electron chi connectivity index (χ2n) is 9.55. The summed E-state index contributed by atoms with van der Waals surface area (Å²) in [6, 6.07) is 22.8. The Labute approximate surface area is 229 Å². The van der Waals surface area contributed by atoms with Crippen molar-refractivity contribution < 1.29 is 19.1 Å². The highest BCUT2D eigenvalue weighted by molar-refractivity contribution is 6.24.